The van der Waals surface area contributed by atoms with Gasteiger partial charge in [0.2, 0.25) is 0 Å². The van der Waals surface area contributed by atoms with E-state index in [9.17, 15) is 26.3 Å². The minimum atomic E-state index is -4.85. The number of nitrogens with zero attached hydrogens (tertiary/aromatic N) is 5. The molecule has 1 aromatic heterocycles. The smallest absolute Gasteiger partial charge is 0.292 e. The van der Waals surface area contributed by atoms with E-state index in [2.05, 4.69) is 15.5 Å². The molecule has 0 saturated carbocycles. The quantitative estimate of drug-likeness (QED) is 0.768. The summed E-state index contributed by atoms with van der Waals surface area (Å²) in [6.45, 7) is 1.25. The van der Waals surface area contributed by atoms with Gasteiger partial charge < -0.3 is 0 Å². The highest BCUT2D eigenvalue weighted by atomic mass is 19.4. The number of benzene rings is 1. The van der Waals surface area contributed by atoms with E-state index >= 15 is 0 Å². The molecule has 1 aliphatic heterocycles. The Morgan fingerprint density at radius 2 is 1.56 bits per heavy atom. The van der Waals surface area contributed by atoms with E-state index in [1.807, 2.05) is 0 Å². The van der Waals surface area contributed by atoms with E-state index < -0.39 is 23.5 Å². The minimum Gasteiger partial charge on any atom is -0.292 e. The van der Waals surface area contributed by atoms with Gasteiger partial charge in [0.25, 0.3) is 0 Å². The first-order valence-corrected chi connectivity index (χ1v) is 7.39. The summed E-state index contributed by atoms with van der Waals surface area (Å²) in [5, 5.41) is 11.1. The average molecular weight is 365 g/mol. The number of aromatic nitrogens is 4. The summed E-state index contributed by atoms with van der Waals surface area (Å²) >= 11 is 0. The van der Waals surface area contributed by atoms with Gasteiger partial charge in [0.15, 0.2) is 5.82 Å². The van der Waals surface area contributed by atoms with Crippen molar-refractivity contribution < 1.29 is 26.3 Å². The van der Waals surface area contributed by atoms with Gasteiger partial charge in [-0.2, -0.15) is 26.3 Å². The van der Waals surface area contributed by atoms with Crippen LogP contribution in [0.5, 0.6) is 0 Å². The Morgan fingerprint density at radius 3 is 2.16 bits per heavy atom. The fraction of sp³-hybridized carbons (Fsp3) is 0.500. The lowest BCUT2D eigenvalue weighted by Gasteiger charge is -2.21. The highest BCUT2D eigenvalue weighted by Crippen LogP contribution is 2.36. The third-order valence-electron chi connectivity index (χ3n) is 3.87. The Kier molecular flexibility index (Phi) is 4.43. The third-order valence-corrected chi connectivity index (χ3v) is 3.87. The average Bonchev–Trinajstić information content (AvgIpc) is 2.84. The first-order valence-electron chi connectivity index (χ1n) is 7.39. The maximum absolute atomic E-state index is 12.9. The van der Waals surface area contributed by atoms with Gasteiger partial charge in [-0.3, -0.25) is 4.90 Å². The van der Waals surface area contributed by atoms with E-state index in [0.29, 0.717) is 25.3 Å². The lowest BCUT2D eigenvalue weighted by molar-refractivity contribution is -0.143. The van der Waals surface area contributed by atoms with Crippen molar-refractivity contribution in [3.63, 3.8) is 0 Å². The van der Waals surface area contributed by atoms with Gasteiger partial charge in [-0.1, -0.05) is 0 Å². The molecule has 2 heterocycles. The molecule has 0 saturated heterocycles. The molecule has 0 aliphatic carbocycles. The summed E-state index contributed by atoms with van der Waals surface area (Å²) in [6, 6.07) is 1.64. The van der Waals surface area contributed by atoms with Crippen molar-refractivity contribution in [1.29, 1.82) is 0 Å². The van der Waals surface area contributed by atoms with Crippen LogP contribution in [0, 0.1) is 0 Å². The number of tetrazole rings is 1. The van der Waals surface area contributed by atoms with Crippen LogP contribution in [0.2, 0.25) is 0 Å². The van der Waals surface area contributed by atoms with Gasteiger partial charge >= 0.3 is 12.4 Å². The van der Waals surface area contributed by atoms with E-state index in [0.717, 1.165) is 12.1 Å². The Labute approximate surface area is 138 Å². The van der Waals surface area contributed by atoms with Crippen molar-refractivity contribution in [3.05, 3.63) is 40.7 Å². The number of hydrogen-bond donors (Lipinski definition) is 0. The Hall–Kier alpha value is -2.17. The highest BCUT2D eigenvalue weighted by molar-refractivity contribution is 5.33. The Bertz CT molecular complexity index is 719. The Morgan fingerprint density at radius 1 is 0.920 bits per heavy atom. The van der Waals surface area contributed by atoms with Crippen molar-refractivity contribution in [3.8, 4) is 0 Å². The molecule has 25 heavy (non-hydrogen) atoms. The van der Waals surface area contributed by atoms with Crippen LogP contribution < -0.4 is 0 Å². The topological polar surface area (TPSA) is 46.8 Å². The molecule has 0 spiro atoms. The first kappa shape index (κ1) is 17.6. The highest BCUT2D eigenvalue weighted by Gasteiger charge is 2.37. The largest absolute Gasteiger partial charge is 0.416 e. The van der Waals surface area contributed by atoms with Crippen LogP contribution in [-0.4, -0.2) is 31.7 Å². The third kappa shape index (κ3) is 4.09. The molecule has 0 N–H and O–H groups in total. The zero-order valence-corrected chi connectivity index (χ0v) is 12.8. The SMILES string of the molecule is FC(F)(F)c1cc(CN2CCCn3nnnc3C2)cc(C(F)(F)F)c1. The monoisotopic (exact) mass is 365 g/mol. The van der Waals surface area contributed by atoms with Crippen LogP contribution >= 0.6 is 0 Å². The van der Waals surface area contributed by atoms with Crippen molar-refractivity contribution in [2.24, 2.45) is 0 Å². The molecule has 0 atom stereocenters. The normalized spacial score (nSPS) is 16.6. The molecule has 136 valence electrons. The summed E-state index contributed by atoms with van der Waals surface area (Å²) in [7, 11) is 0. The molecule has 0 fully saturated rings. The number of alkyl halides is 6. The molecule has 2 aromatic rings. The summed E-state index contributed by atoms with van der Waals surface area (Å²) < 4.78 is 79.1. The second-order valence-corrected chi connectivity index (χ2v) is 5.80. The van der Waals surface area contributed by atoms with Crippen LogP contribution in [0.3, 0.4) is 0 Å². The molecule has 0 unspecified atom stereocenters. The summed E-state index contributed by atoms with van der Waals surface area (Å²) in [6.07, 6.45) is -9.05. The molecule has 5 nitrogen and oxygen atoms in total. The van der Waals surface area contributed by atoms with Crippen molar-refractivity contribution in [2.75, 3.05) is 6.54 Å². The molecule has 0 amide bonds. The molecule has 11 heteroatoms. The van der Waals surface area contributed by atoms with Crippen molar-refractivity contribution >= 4 is 0 Å². The second kappa shape index (κ2) is 6.28. The molecule has 1 aromatic carbocycles. The first-order chi connectivity index (χ1) is 11.6. The van der Waals surface area contributed by atoms with Gasteiger partial charge in [0, 0.05) is 19.6 Å². The Balaban J connectivity index is 1.89. The van der Waals surface area contributed by atoms with E-state index in [4.69, 9.17) is 0 Å². The maximum Gasteiger partial charge on any atom is 0.416 e. The number of halogens is 6. The van der Waals surface area contributed by atoms with E-state index in [1.54, 1.807) is 9.58 Å². The molecule has 3 rings (SSSR count). The van der Waals surface area contributed by atoms with Gasteiger partial charge in [0.1, 0.15) is 0 Å². The molecule has 1 aliphatic rings. The number of aryl methyl sites for hydroxylation is 1. The van der Waals surface area contributed by atoms with Gasteiger partial charge in [-0.25, -0.2) is 4.68 Å². The minimum absolute atomic E-state index is 0.0527. The zero-order valence-electron chi connectivity index (χ0n) is 12.8. The summed E-state index contributed by atoms with van der Waals surface area (Å²) in [5.74, 6) is 0.528. The van der Waals surface area contributed by atoms with Crippen LogP contribution in [0.15, 0.2) is 18.2 Å². The number of fused-ring (bicyclic) bond motifs is 1. The van der Waals surface area contributed by atoms with Crippen LogP contribution in [0.4, 0.5) is 26.3 Å². The number of rotatable bonds is 2. The summed E-state index contributed by atoms with van der Waals surface area (Å²) in [5.41, 5.74) is -2.67. The fourth-order valence-corrected chi connectivity index (χ4v) is 2.74. The van der Waals surface area contributed by atoms with Crippen LogP contribution in [-0.2, 0) is 32.0 Å². The number of hydrogen-bond acceptors (Lipinski definition) is 4. The van der Waals surface area contributed by atoms with Gasteiger partial charge in [-0.15, -0.1) is 5.10 Å². The molecule has 0 bridgehead atoms. The molecule has 0 radical (unpaired) electrons. The van der Waals surface area contributed by atoms with E-state index in [-0.39, 0.29) is 24.7 Å². The predicted molar refractivity (Wildman–Crippen MR) is 73.0 cm³/mol. The maximum atomic E-state index is 12.9. The van der Waals surface area contributed by atoms with Crippen LogP contribution in [0.1, 0.15) is 28.9 Å². The van der Waals surface area contributed by atoms with Crippen molar-refractivity contribution in [2.45, 2.75) is 38.4 Å². The van der Waals surface area contributed by atoms with E-state index in [1.165, 1.54) is 0 Å². The van der Waals surface area contributed by atoms with Gasteiger partial charge in [-0.05, 0) is 40.6 Å². The lowest BCUT2D eigenvalue weighted by atomic mass is 10.0. The van der Waals surface area contributed by atoms with Crippen molar-refractivity contribution in [1.82, 2.24) is 25.1 Å². The standard InChI is InChI=1S/C14H13F6N5/c15-13(16,17)10-4-9(5-11(6-10)14(18,19)20)7-24-2-1-3-25-12(8-24)21-22-23-25/h4-6H,1-3,7-8H2. The predicted octanol–water partition coefficient (Wildman–Crippen LogP) is 3.12. The van der Waals surface area contributed by atoms with Gasteiger partial charge in [0.05, 0.1) is 17.7 Å². The summed E-state index contributed by atoms with van der Waals surface area (Å²) in [4.78, 5) is 1.73. The van der Waals surface area contributed by atoms with Crippen LogP contribution in [0.25, 0.3) is 0 Å². The lowest BCUT2D eigenvalue weighted by Crippen LogP contribution is -2.24. The second-order valence-electron chi connectivity index (χ2n) is 5.80. The fourth-order valence-electron chi connectivity index (χ4n) is 2.74. The molecular weight excluding hydrogens is 352 g/mol. The zero-order chi connectivity index (χ0) is 18.2. The molecular formula is C14H13F6N5.